The van der Waals surface area contributed by atoms with Crippen molar-refractivity contribution in [3.05, 3.63) is 0 Å². The number of alkyl carbamates (subject to hydrolysis) is 1. The van der Waals surface area contributed by atoms with Crippen LogP contribution in [0, 0.1) is 0 Å². The molecule has 0 fully saturated rings. The number of ketones is 1. The van der Waals surface area contributed by atoms with E-state index in [0.717, 1.165) is 6.42 Å². The lowest BCUT2D eigenvalue weighted by atomic mass is 10.2. The van der Waals surface area contributed by atoms with Gasteiger partial charge in [0.15, 0.2) is 0 Å². The van der Waals surface area contributed by atoms with E-state index in [4.69, 9.17) is 18.9 Å². The van der Waals surface area contributed by atoms with Crippen molar-refractivity contribution in [1.82, 2.24) is 5.32 Å². The van der Waals surface area contributed by atoms with E-state index in [2.05, 4.69) is 5.32 Å². The molecule has 23 heavy (non-hydrogen) atoms. The minimum atomic E-state index is -0.446. The third kappa shape index (κ3) is 18.8. The molecule has 7 nitrogen and oxygen atoms in total. The molecule has 0 aromatic heterocycles. The van der Waals surface area contributed by atoms with Crippen LogP contribution in [0.25, 0.3) is 0 Å². The fourth-order valence-electron chi connectivity index (χ4n) is 1.56. The van der Waals surface area contributed by atoms with Crippen molar-refractivity contribution in [2.45, 2.75) is 46.1 Å². The topological polar surface area (TPSA) is 83.1 Å². The van der Waals surface area contributed by atoms with E-state index in [-0.39, 0.29) is 11.9 Å². The van der Waals surface area contributed by atoms with Gasteiger partial charge < -0.3 is 29.1 Å². The summed E-state index contributed by atoms with van der Waals surface area (Å²) < 4.78 is 20.9. The second-order valence-corrected chi connectivity index (χ2v) is 5.37. The van der Waals surface area contributed by atoms with Crippen LogP contribution in [0.3, 0.4) is 0 Å². The number of hydrogen-bond donors (Lipinski definition) is 1. The molecule has 0 aliphatic rings. The quantitative estimate of drug-likeness (QED) is 0.461. The number of amides is 1. The van der Waals surface area contributed by atoms with E-state index in [0.29, 0.717) is 59.0 Å². The largest absolute Gasteiger partial charge is 0.449 e. The second-order valence-electron chi connectivity index (χ2n) is 5.37. The lowest BCUT2D eigenvalue weighted by molar-refractivity contribution is -0.117. The molecule has 0 saturated carbocycles. The molecule has 0 atom stereocenters. The third-order valence-corrected chi connectivity index (χ3v) is 2.68. The summed E-state index contributed by atoms with van der Waals surface area (Å²) in [6.07, 6.45) is 1.72. The fraction of sp³-hybridized carbons (Fsp3) is 0.875. The fourth-order valence-corrected chi connectivity index (χ4v) is 1.56. The Labute approximate surface area is 139 Å². The van der Waals surface area contributed by atoms with Crippen LogP contribution in [-0.2, 0) is 23.7 Å². The molecule has 0 heterocycles. The van der Waals surface area contributed by atoms with E-state index < -0.39 is 6.09 Å². The molecule has 0 aliphatic carbocycles. The Kier molecular flexibility index (Phi) is 14.9. The van der Waals surface area contributed by atoms with Crippen LogP contribution in [0.5, 0.6) is 0 Å². The maximum Gasteiger partial charge on any atom is 0.407 e. The molecule has 0 unspecified atom stereocenters. The molecule has 0 aliphatic heterocycles. The predicted molar refractivity (Wildman–Crippen MR) is 86.6 cm³/mol. The summed E-state index contributed by atoms with van der Waals surface area (Å²) in [6, 6.07) is 0. The van der Waals surface area contributed by atoms with Gasteiger partial charge in [0, 0.05) is 26.0 Å². The zero-order valence-electron chi connectivity index (χ0n) is 14.6. The van der Waals surface area contributed by atoms with E-state index in [1.54, 1.807) is 6.92 Å². The number of carbonyl (C=O) groups is 2. The van der Waals surface area contributed by atoms with Crippen LogP contribution in [0.4, 0.5) is 4.79 Å². The number of carbonyl (C=O) groups excluding carboxylic acids is 2. The highest BCUT2D eigenvalue weighted by molar-refractivity contribution is 5.75. The van der Waals surface area contributed by atoms with Gasteiger partial charge in [-0.2, -0.15) is 0 Å². The molecule has 0 aromatic rings. The van der Waals surface area contributed by atoms with Gasteiger partial charge in [-0.25, -0.2) is 4.79 Å². The Balaban J connectivity index is 3.19. The van der Waals surface area contributed by atoms with E-state index >= 15 is 0 Å². The molecular weight excluding hydrogens is 302 g/mol. The van der Waals surface area contributed by atoms with Gasteiger partial charge in [0.1, 0.15) is 5.78 Å². The first-order valence-electron chi connectivity index (χ1n) is 8.19. The molecule has 0 radical (unpaired) electrons. The Morgan fingerprint density at radius 3 is 2.26 bits per heavy atom. The molecule has 136 valence electrons. The van der Waals surface area contributed by atoms with Crippen LogP contribution in [0.2, 0.25) is 0 Å². The molecule has 7 heteroatoms. The van der Waals surface area contributed by atoms with Gasteiger partial charge in [0.25, 0.3) is 0 Å². The maximum absolute atomic E-state index is 11.3. The summed E-state index contributed by atoms with van der Waals surface area (Å²) in [5.74, 6) is 0.176. The van der Waals surface area contributed by atoms with Crippen LogP contribution >= 0.6 is 0 Å². The number of rotatable bonds is 15. The Morgan fingerprint density at radius 2 is 1.61 bits per heavy atom. The highest BCUT2D eigenvalue weighted by atomic mass is 16.6. The van der Waals surface area contributed by atoms with Gasteiger partial charge in [-0.3, -0.25) is 0 Å². The molecule has 0 saturated heterocycles. The zero-order chi connectivity index (χ0) is 17.3. The Bertz CT molecular complexity index is 309. The standard InChI is InChI=1S/C16H31NO6/c1-14(2)22-9-5-10-23-16(19)17-7-11-21-13-12-20-8-4-6-15(3)18/h14H,4-13H2,1-3H3,(H,17,19). The number of hydrogen-bond acceptors (Lipinski definition) is 6. The predicted octanol–water partition coefficient (Wildman–Crippen LogP) is 1.93. The first-order valence-corrected chi connectivity index (χ1v) is 8.19. The Morgan fingerprint density at radius 1 is 0.913 bits per heavy atom. The van der Waals surface area contributed by atoms with Gasteiger partial charge in [-0.05, 0) is 27.2 Å². The number of nitrogens with one attached hydrogen (secondary N) is 1. The van der Waals surface area contributed by atoms with Crippen LogP contribution in [0.15, 0.2) is 0 Å². The average Bonchev–Trinajstić information content (AvgIpc) is 2.48. The smallest absolute Gasteiger partial charge is 0.407 e. The number of Topliss-reactive ketones (excluding diaryl/α,β-unsaturated/α-hetero) is 1. The minimum Gasteiger partial charge on any atom is -0.449 e. The van der Waals surface area contributed by atoms with Crippen molar-refractivity contribution < 1.29 is 28.5 Å². The molecule has 0 rings (SSSR count). The monoisotopic (exact) mass is 333 g/mol. The first-order chi connectivity index (χ1) is 11.0. The average molecular weight is 333 g/mol. The maximum atomic E-state index is 11.3. The highest BCUT2D eigenvalue weighted by Crippen LogP contribution is 1.92. The lowest BCUT2D eigenvalue weighted by Crippen LogP contribution is -2.28. The van der Waals surface area contributed by atoms with Crippen LogP contribution in [0.1, 0.15) is 40.0 Å². The molecule has 0 spiro atoms. The normalized spacial score (nSPS) is 10.8. The van der Waals surface area contributed by atoms with Crippen LogP contribution in [-0.4, -0.2) is 64.2 Å². The van der Waals surface area contributed by atoms with Gasteiger partial charge >= 0.3 is 6.09 Å². The SMILES string of the molecule is CC(=O)CCCOCCOCCNC(=O)OCCCOC(C)C. The second kappa shape index (κ2) is 15.7. The molecule has 0 bridgehead atoms. The number of ether oxygens (including phenoxy) is 4. The van der Waals surface area contributed by atoms with Gasteiger partial charge in [0.05, 0.1) is 39.1 Å². The van der Waals surface area contributed by atoms with Crippen molar-refractivity contribution in [3.63, 3.8) is 0 Å². The molecule has 1 amide bonds. The lowest BCUT2D eigenvalue weighted by Gasteiger charge is -2.09. The van der Waals surface area contributed by atoms with E-state index in [9.17, 15) is 9.59 Å². The third-order valence-electron chi connectivity index (χ3n) is 2.68. The van der Waals surface area contributed by atoms with Crippen molar-refractivity contribution in [1.29, 1.82) is 0 Å². The summed E-state index contributed by atoms with van der Waals surface area (Å²) in [6.45, 7) is 8.73. The van der Waals surface area contributed by atoms with Crippen molar-refractivity contribution >= 4 is 11.9 Å². The van der Waals surface area contributed by atoms with E-state index in [1.165, 1.54) is 0 Å². The highest BCUT2D eigenvalue weighted by Gasteiger charge is 2.01. The zero-order valence-corrected chi connectivity index (χ0v) is 14.6. The molecule has 0 aromatic carbocycles. The summed E-state index contributed by atoms with van der Waals surface area (Å²) in [5, 5.41) is 2.60. The van der Waals surface area contributed by atoms with Gasteiger partial charge in [0.2, 0.25) is 0 Å². The molecular formula is C16H31NO6. The van der Waals surface area contributed by atoms with Crippen molar-refractivity contribution in [3.8, 4) is 0 Å². The van der Waals surface area contributed by atoms with Crippen LogP contribution < -0.4 is 5.32 Å². The van der Waals surface area contributed by atoms with Gasteiger partial charge in [-0.1, -0.05) is 0 Å². The minimum absolute atomic E-state index is 0.176. The summed E-state index contributed by atoms with van der Waals surface area (Å²) in [5.41, 5.74) is 0. The van der Waals surface area contributed by atoms with Gasteiger partial charge in [-0.15, -0.1) is 0 Å². The summed E-state index contributed by atoms with van der Waals surface area (Å²) in [4.78, 5) is 22.0. The van der Waals surface area contributed by atoms with Crippen molar-refractivity contribution in [2.24, 2.45) is 0 Å². The summed E-state index contributed by atoms with van der Waals surface area (Å²) in [7, 11) is 0. The Hall–Kier alpha value is -1.18. The first kappa shape index (κ1) is 21.8. The summed E-state index contributed by atoms with van der Waals surface area (Å²) >= 11 is 0. The van der Waals surface area contributed by atoms with Crippen molar-refractivity contribution in [2.75, 3.05) is 46.2 Å². The molecule has 1 N–H and O–H groups in total. The van der Waals surface area contributed by atoms with E-state index in [1.807, 2.05) is 13.8 Å².